The standard InChI is InChI=1S/C7H9NO3/c1-4(2)6-5(7(9)10)8-3-11-6/h3-4H,1-2H3,(H,9,10). The first-order chi connectivity index (χ1) is 5.13. The molecule has 0 unspecified atom stereocenters. The number of hydrogen-bond acceptors (Lipinski definition) is 3. The van der Waals surface area contributed by atoms with Crippen LogP contribution >= 0.6 is 0 Å². The molecule has 4 heteroatoms. The van der Waals surface area contributed by atoms with Crippen molar-refractivity contribution in [2.45, 2.75) is 19.8 Å². The Bertz CT molecular complexity index is 264. The third-order valence-electron chi connectivity index (χ3n) is 1.32. The van der Waals surface area contributed by atoms with Crippen LogP contribution in [0.4, 0.5) is 0 Å². The molecule has 0 aliphatic heterocycles. The van der Waals surface area contributed by atoms with Crippen molar-refractivity contribution in [2.24, 2.45) is 0 Å². The first-order valence-electron chi connectivity index (χ1n) is 3.29. The summed E-state index contributed by atoms with van der Waals surface area (Å²) in [5, 5.41) is 8.58. The fourth-order valence-corrected chi connectivity index (χ4v) is 0.825. The molecule has 1 rings (SSSR count). The van der Waals surface area contributed by atoms with Gasteiger partial charge < -0.3 is 9.52 Å². The number of hydrogen-bond donors (Lipinski definition) is 1. The van der Waals surface area contributed by atoms with E-state index in [0.717, 1.165) is 6.39 Å². The molecule has 0 radical (unpaired) electrons. The highest BCUT2D eigenvalue weighted by molar-refractivity contribution is 5.86. The molecule has 0 amide bonds. The van der Waals surface area contributed by atoms with Crippen LogP contribution in [-0.4, -0.2) is 16.1 Å². The van der Waals surface area contributed by atoms with Gasteiger partial charge in [0.05, 0.1) is 0 Å². The summed E-state index contributed by atoms with van der Waals surface area (Å²) in [6.07, 6.45) is 1.15. The molecule has 0 bridgehead atoms. The lowest BCUT2D eigenvalue weighted by Gasteiger charge is -1.98. The Morgan fingerprint density at radius 2 is 2.36 bits per heavy atom. The van der Waals surface area contributed by atoms with Gasteiger partial charge in [-0.05, 0) is 0 Å². The molecule has 1 aromatic rings. The Kier molecular flexibility index (Phi) is 1.94. The number of aromatic carboxylic acids is 1. The molecule has 0 atom stereocenters. The molecule has 0 fully saturated rings. The molecule has 0 aromatic carbocycles. The topological polar surface area (TPSA) is 63.3 Å². The van der Waals surface area contributed by atoms with Crippen LogP contribution in [0.1, 0.15) is 36.0 Å². The van der Waals surface area contributed by atoms with Crippen LogP contribution in [0, 0.1) is 0 Å². The maximum Gasteiger partial charge on any atom is 0.358 e. The molecule has 0 aliphatic rings. The number of nitrogens with zero attached hydrogens (tertiary/aromatic N) is 1. The minimum Gasteiger partial charge on any atom is -0.476 e. The smallest absolute Gasteiger partial charge is 0.358 e. The molecule has 1 aromatic heterocycles. The molecule has 0 aliphatic carbocycles. The highest BCUT2D eigenvalue weighted by Crippen LogP contribution is 2.17. The van der Waals surface area contributed by atoms with Gasteiger partial charge in [0.1, 0.15) is 5.76 Å². The Hall–Kier alpha value is -1.32. The Labute approximate surface area is 63.9 Å². The summed E-state index contributed by atoms with van der Waals surface area (Å²) in [6.45, 7) is 3.71. The lowest BCUT2D eigenvalue weighted by molar-refractivity contribution is 0.0688. The van der Waals surface area contributed by atoms with Gasteiger partial charge in [0.25, 0.3) is 0 Å². The first kappa shape index (κ1) is 7.78. The number of carboxylic acids is 1. The van der Waals surface area contributed by atoms with Crippen LogP contribution in [-0.2, 0) is 0 Å². The number of carboxylic acid groups (broad SMARTS) is 1. The maximum atomic E-state index is 10.5. The summed E-state index contributed by atoms with van der Waals surface area (Å²) in [7, 11) is 0. The van der Waals surface area contributed by atoms with Crippen molar-refractivity contribution in [1.29, 1.82) is 0 Å². The van der Waals surface area contributed by atoms with E-state index in [1.807, 2.05) is 13.8 Å². The lowest BCUT2D eigenvalue weighted by atomic mass is 10.1. The minimum atomic E-state index is -1.04. The van der Waals surface area contributed by atoms with Crippen LogP contribution < -0.4 is 0 Å². The zero-order chi connectivity index (χ0) is 8.43. The summed E-state index contributed by atoms with van der Waals surface area (Å²) in [4.78, 5) is 14.0. The van der Waals surface area contributed by atoms with Gasteiger partial charge in [-0.1, -0.05) is 13.8 Å². The van der Waals surface area contributed by atoms with Crippen LogP contribution in [0.5, 0.6) is 0 Å². The largest absolute Gasteiger partial charge is 0.476 e. The average molecular weight is 155 g/mol. The quantitative estimate of drug-likeness (QED) is 0.702. The maximum absolute atomic E-state index is 10.5. The van der Waals surface area contributed by atoms with Crippen molar-refractivity contribution in [3.8, 4) is 0 Å². The van der Waals surface area contributed by atoms with Gasteiger partial charge in [-0.25, -0.2) is 9.78 Å². The lowest BCUT2D eigenvalue weighted by Crippen LogP contribution is -2.01. The molecule has 4 nitrogen and oxygen atoms in total. The summed E-state index contributed by atoms with van der Waals surface area (Å²) < 4.78 is 4.90. The SMILES string of the molecule is CC(C)c1ocnc1C(=O)O. The molecule has 0 spiro atoms. The van der Waals surface area contributed by atoms with E-state index < -0.39 is 5.97 Å². The predicted molar refractivity (Wildman–Crippen MR) is 37.6 cm³/mol. The van der Waals surface area contributed by atoms with E-state index in [2.05, 4.69) is 4.98 Å². The second-order valence-corrected chi connectivity index (χ2v) is 2.53. The molecule has 0 saturated carbocycles. The highest BCUT2D eigenvalue weighted by atomic mass is 16.4. The average Bonchev–Trinajstić information content (AvgIpc) is 2.32. The monoisotopic (exact) mass is 155 g/mol. The molecular weight excluding hydrogens is 146 g/mol. The van der Waals surface area contributed by atoms with Gasteiger partial charge in [-0.15, -0.1) is 0 Å². The van der Waals surface area contributed by atoms with Crippen LogP contribution in [0.25, 0.3) is 0 Å². The Morgan fingerprint density at radius 1 is 1.73 bits per heavy atom. The number of aromatic nitrogens is 1. The van der Waals surface area contributed by atoms with Gasteiger partial charge >= 0.3 is 5.97 Å². The Morgan fingerprint density at radius 3 is 2.73 bits per heavy atom. The molecular formula is C7H9NO3. The van der Waals surface area contributed by atoms with Crippen molar-refractivity contribution < 1.29 is 14.3 Å². The van der Waals surface area contributed by atoms with Crippen molar-refractivity contribution >= 4 is 5.97 Å². The van der Waals surface area contributed by atoms with Gasteiger partial charge in [-0.3, -0.25) is 0 Å². The number of carbonyl (C=O) groups is 1. The van der Waals surface area contributed by atoms with Crippen molar-refractivity contribution in [3.05, 3.63) is 17.8 Å². The third kappa shape index (κ3) is 1.39. The van der Waals surface area contributed by atoms with Gasteiger partial charge in [0.15, 0.2) is 12.1 Å². The summed E-state index contributed by atoms with van der Waals surface area (Å²) >= 11 is 0. The molecule has 1 N–H and O–H groups in total. The van der Waals surface area contributed by atoms with Crippen molar-refractivity contribution in [1.82, 2.24) is 4.98 Å². The van der Waals surface area contributed by atoms with E-state index in [1.54, 1.807) is 0 Å². The highest BCUT2D eigenvalue weighted by Gasteiger charge is 2.17. The fraction of sp³-hybridized carbons (Fsp3) is 0.429. The van der Waals surface area contributed by atoms with E-state index in [1.165, 1.54) is 0 Å². The summed E-state index contributed by atoms with van der Waals surface area (Å²) in [5.41, 5.74) is 0.0139. The second kappa shape index (κ2) is 2.74. The summed E-state index contributed by atoms with van der Waals surface area (Å²) in [5.74, 6) is -0.552. The number of rotatable bonds is 2. The van der Waals surface area contributed by atoms with Crippen LogP contribution in [0.3, 0.4) is 0 Å². The van der Waals surface area contributed by atoms with E-state index in [-0.39, 0.29) is 11.6 Å². The van der Waals surface area contributed by atoms with E-state index in [0.29, 0.717) is 5.76 Å². The van der Waals surface area contributed by atoms with Crippen LogP contribution in [0.15, 0.2) is 10.8 Å². The van der Waals surface area contributed by atoms with Gasteiger partial charge in [0, 0.05) is 5.92 Å². The second-order valence-electron chi connectivity index (χ2n) is 2.53. The van der Waals surface area contributed by atoms with Gasteiger partial charge in [0.2, 0.25) is 0 Å². The molecule has 0 saturated heterocycles. The zero-order valence-electron chi connectivity index (χ0n) is 6.37. The number of oxazole rings is 1. The minimum absolute atomic E-state index is 0.0139. The fourth-order valence-electron chi connectivity index (χ4n) is 0.825. The zero-order valence-corrected chi connectivity index (χ0v) is 6.37. The predicted octanol–water partition coefficient (Wildman–Crippen LogP) is 1.50. The van der Waals surface area contributed by atoms with E-state index in [9.17, 15) is 4.79 Å². The van der Waals surface area contributed by atoms with Gasteiger partial charge in [-0.2, -0.15) is 0 Å². The van der Waals surface area contributed by atoms with Crippen molar-refractivity contribution in [3.63, 3.8) is 0 Å². The molecule has 1 heterocycles. The third-order valence-corrected chi connectivity index (χ3v) is 1.32. The van der Waals surface area contributed by atoms with Crippen molar-refractivity contribution in [2.75, 3.05) is 0 Å². The van der Waals surface area contributed by atoms with E-state index in [4.69, 9.17) is 9.52 Å². The van der Waals surface area contributed by atoms with Crippen LogP contribution in [0.2, 0.25) is 0 Å². The summed E-state index contributed by atoms with van der Waals surface area (Å²) in [6, 6.07) is 0. The molecule has 11 heavy (non-hydrogen) atoms. The van der Waals surface area contributed by atoms with E-state index >= 15 is 0 Å². The normalized spacial score (nSPS) is 10.5. The molecule has 60 valence electrons. The first-order valence-corrected chi connectivity index (χ1v) is 3.29. The Balaban J connectivity index is 3.06.